The SMILES string of the molecule is CCC(C)C(CN1C(=O)CC(C)C1=O)NC. The van der Waals surface area contributed by atoms with E-state index in [0.717, 1.165) is 6.42 Å². The van der Waals surface area contributed by atoms with Gasteiger partial charge < -0.3 is 5.32 Å². The molecule has 1 aliphatic rings. The van der Waals surface area contributed by atoms with Crippen molar-refractivity contribution in [3.63, 3.8) is 0 Å². The fourth-order valence-electron chi connectivity index (χ4n) is 2.08. The molecule has 0 aromatic heterocycles. The van der Waals surface area contributed by atoms with Crippen LogP contribution in [0.3, 0.4) is 0 Å². The molecule has 0 bridgehead atoms. The molecule has 1 fully saturated rings. The maximum absolute atomic E-state index is 11.8. The second-order valence-corrected chi connectivity index (χ2v) is 4.73. The summed E-state index contributed by atoms with van der Waals surface area (Å²) in [6.45, 7) is 6.58. The van der Waals surface area contributed by atoms with Gasteiger partial charge in [-0.3, -0.25) is 14.5 Å². The molecule has 0 saturated carbocycles. The van der Waals surface area contributed by atoms with Crippen molar-refractivity contribution in [2.75, 3.05) is 13.6 Å². The molecular formula is C12H22N2O2. The standard InChI is InChI=1S/C12H22N2O2/c1-5-8(2)10(13-4)7-14-11(15)6-9(3)12(14)16/h8-10,13H,5-7H2,1-4H3. The lowest BCUT2D eigenvalue weighted by Crippen LogP contribution is -2.45. The molecule has 1 saturated heterocycles. The van der Waals surface area contributed by atoms with E-state index in [1.807, 2.05) is 14.0 Å². The first kappa shape index (κ1) is 13.2. The van der Waals surface area contributed by atoms with Crippen LogP contribution < -0.4 is 5.32 Å². The van der Waals surface area contributed by atoms with Crippen molar-refractivity contribution < 1.29 is 9.59 Å². The predicted molar refractivity (Wildman–Crippen MR) is 62.8 cm³/mol. The summed E-state index contributed by atoms with van der Waals surface area (Å²) in [5, 5.41) is 3.19. The Hall–Kier alpha value is -0.900. The number of likely N-dealkylation sites (N-methyl/N-ethyl adjacent to an activating group) is 1. The van der Waals surface area contributed by atoms with E-state index in [1.54, 1.807) is 0 Å². The fraction of sp³-hybridized carbons (Fsp3) is 0.833. The summed E-state index contributed by atoms with van der Waals surface area (Å²) in [7, 11) is 1.88. The van der Waals surface area contributed by atoms with Crippen LogP contribution in [0.1, 0.15) is 33.6 Å². The van der Waals surface area contributed by atoms with E-state index in [1.165, 1.54) is 4.90 Å². The third-order valence-electron chi connectivity index (χ3n) is 3.55. The van der Waals surface area contributed by atoms with Crippen LogP contribution in [0.4, 0.5) is 0 Å². The minimum absolute atomic E-state index is 0.0199. The quantitative estimate of drug-likeness (QED) is 0.712. The Labute approximate surface area is 97.4 Å². The fourth-order valence-corrected chi connectivity index (χ4v) is 2.08. The largest absolute Gasteiger partial charge is 0.315 e. The van der Waals surface area contributed by atoms with Crippen LogP contribution in [-0.2, 0) is 9.59 Å². The zero-order valence-corrected chi connectivity index (χ0v) is 10.6. The van der Waals surface area contributed by atoms with Crippen LogP contribution in [0.5, 0.6) is 0 Å². The van der Waals surface area contributed by atoms with E-state index in [-0.39, 0.29) is 23.8 Å². The summed E-state index contributed by atoms with van der Waals surface area (Å²) in [5.41, 5.74) is 0. The number of hydrogen-bond donors (Lipinski definition) is 1. The third kappa shape index (κ3) is 2.61. The molecule has 0 aliphatic carbocycles. The van der Waals surface area contributed by atoms with Crippen molar-refractivity contribution >= 4 is 11.8 Å². The summed E-state index contributed by atoms with van der Waals surface area (Å²) in [4.78, 5) is 24.8. The van der Waals surface area contributed by atoms with Gasteiger partial charge in [-0.05, 0) is 13.0 Å². The van der Waals surface area contributed by atoms with Crippen molar-refractivity contribution in [1.82, 2.24) is 10.2 Å². The van der Waals surface area contributed by atoms with Crippen molar-refractivity contribution in [2.24, 2.45) is 11.8 Å². The third-order valence-corrected chi connectivity index (χ3v) is 3.55. The Morgan fingerprint density at radius 1 is 1.50 bits per heavy atom. The molecule has 0 aromatic rings. The van der Waals surface area contributed by atoms with Gasteiger partial charge in [0.15, 0.2) is 0 Å². The highest BCUT2D eigenvalue weighted by Crippen LogP contribution is 2.20. The van der Waals surface area contributed by atoms with Crippen molar-refractivity contribution in [2.45, 2.75) is 39.7 Å². The summed E-state index contributed by atoms with van der Waals surface area (Å²) in [6.07, 6.45) is 1.41. The first-order valence-electron chi connectivity index (χ1n) is 6.02. The molecule has 3 unspecified atom stereocenters. The molecule has 1 N–H and O–H groups in total. The highest BCUT2D eigenvalue weighted by molar-refractivity contribution is 6.03. The predicted octanol–water partition coefficient (Wildman–Crippen LogP) is 1.02. The van der Waals surface area contributed by atoms with Crippen molar-refractivity contribution in [3.8, 4) is 0 Å². The second kappa shape index (κ2) is 5.43. The Morgan fingerprint density at radius 2 is 2.12 bits per heavy atom. The van der Waals surface area contributed by atoms with Crippen LogP contribution in [0.15, 0.2) is 0 Å². The topological polar surface area (TPSA) is 49.4 Å². The van der Waals surface area contributed by atoms with E-state index in [4.69, 9.17) is 0 Å². The Bertz CT molecular complexity index is 278. The van der Waals surface area contributed by atoms with Gasteiger partial charge in [-0.1, -0.05) is 27.2 Å². The molecule has 92 valence electrons. The van der Waals surface area contributed by atoms with Crippen LogP contribution in [0, 0.1) is 11.8 Å². The number of carbonyl (C=O) groups excluding carboxylic acids is 2. The van der Waals surface area contributed by atoms with E-state index in [9.17, 15) is 9.59 Å². The molecule has 16 heavy (non-hydrogen) atoms. The molecular weight excluding hydrogens is 204 g/mol. The molecule has 1 heterocycles. The van der Waals surface area contributed by atoms with E-state index in [2.05, 4.69) is 19.2 Å². The van der Waals surface area contributed by atoms with Gasteiger partial charge >= 0.3 is 0 Å². The summed E-state index contributed by atoms with van der Waals surface area (Å²) >= 11 is 0. The summed E-state index contributed by atoms with van der Waals surface area (Å²) in [6, 6.07) is 0.197. The average molecular weight is 226 g/mol. The minimum atomic E-state index is -0.137. The van der Waals surface area contributed by atoms with Crippen LogP contribution >= 0.6 is 0 Å². The highest BCUT2D eigenvalue weighted by Gasteiger charge is 2.36. The van der Waals surface area contributed by atoms with Gasteiger partial charge in [0.1, 0.15) is 0 Å². The lowest BCUT2D eigenvalue weighted by molar-refractivity contribution is -0.139. The highest BCUT2D eigenvalue weighted by atomic mass is 16.2. The number of imide groups is 1. The summed E-state index contributed by atoms with van der Waals surface area (Å²) in [5.74, 6) is 0.276. The molecule has 0 radical (unpaired) electrons. The van der Waals surface area contributed by atoms with E-state index < -0.39 is 0 Å². The molecule has 4 heteroatoms. The molecule has 1 rings (SSSR count). The van der Waals surface area contributed by atoms with Gasteiger partial charge in [-0.2, -0.15) is 0 Å². The lowest BCUT2D eigenvalue weighted by atomic mass is 9.99. The Morgan fingerprint density at radius 3 is 2.50 bits per heavy atom. The number of amides is 2. The van der Waals surface area contributed by atoms with Gasteiger partial charge in [0, 0.05) is 24.9 Å². The van der Waals surface area contributed by atoms with Crippen molar-refractivity contribution in [1.29, 1.82) is 0 Å². The zero-order chi connectivity index (χ0) is 12.3. The lowest BCUT2D eigenvalue weighted by Gasteiger charge is -2.26. The van der Waals surface area contributed by atoms with Crippen LogP contribution in [-0.4, -0.2) is 36.3 Å². The maximum atomic E-state index is 11.8. The van der Waals surface area contributed by atoms with Gasteiger partial charge in [-0.25, -0.2) is 0 Å². The number of rotatable bonds is 5. The van der Waals surface area contributed by atoms with Gasteiger partial charge in [-0.15, -0.1) is 0 Å². The number of nitrogens with zero attached hydrogens (tertiary/aromatic N) is 1. The van der Waals surface area contributed by atoms with Crippen molar-refractivity contribution in [3.05, 3.63) is 0 Å². The maximum Gasteiger partial charge on any atom is 0.232 e. The van der Waals surface area contributed by atoms with Gasteiger partial charge in [0.05, 0.1) is 0 Å². The Balaban J connectivity index is 2.65. The van der Waals surface area contributed by atoms with Gasteiger partial charge in [0.2, 0.25) is 11.8 Å². The molecule has 4 nitrogen and oxygen atoms in total. The van der Waals surface area contributed by atoms with Gasteiger partial charge in [0.25, 0.3) is 0 Å². The minimum Gasteiger partial charge on any atom is -0.315 e. The molecule has 2 amide bonds. The van der Waals surface area contributed by atoms with E-state index in [0.29, 0.717) is 18.9 Å². The zero-order valence-electron chi connectivity index (χ0n) is 10.6. The summed E-state index contributed by atoms with van der Waals surface area (Å²) < 4.78 is 0. The number of nitrogens with one attached hydrogen (secondary N) is 1. The molecule has 1 aliphatic heterocycles. The molecule has 0 spiro atoms. The van der Waals surface area contributed by atoms with Crippen LogP contribution in [0.25, 0.3) is 0 Å². The number of likely N-dealkylation sites (tertiary alicyclic amines) is 1. The smallest absolute Gasteiger partial charge is 0.232 e. The Kier molecular flexibility index (Phi) is 4.47. The molecule has 3 atom stereocenters. The normalized spacial score (nSPS) is 25.0. The second-order valence-electron chi connectivity index (χ2n) is 4.73. The first-order chi connectivity index (χ1) is 7.51. The van der Waals surface area contributed by atoms with Crippen LogP contribution in [0.2, 0.25) is 0 Å². The first-order valence-corrected chi connectivity index (χ1v) is 6.02. The monoisotopic (exact) mass is 226 g/mol. The average Bonchev–Trinajstić information content (AvgIpc) is 2.50. The van der Waals surface area contributed by atoms with E-state index >= 15 is 0 Å². The molecule has 0 aromatic carbocycles. The number of carbonyl (C=O) groups is 2. The number of hydrogen-bond acceptors (Lipinski definition) is 3.